The molecule has 1 aromatic heterocycles. The van der Waals surface area contributed by atoms with E-state index in [1.807, 2.05) is 6.08 Å². The Morgan fingerprint density at radius 1 is 0.893 bits per heavy atom. The third-order valence-electron chi connectivity index (χ3n) is 11.2. The molecule has 16 heteroatoms. The molecule has 4 aliphatic rings. The summed E-state index contributed by atoms with van der Waals surface area (Å²) in [5.41, 5.74) is 1.56. The number of hydrazine groups is 1. The number of ether oxygens (including phenoxy) is 1. The number of hydrogen-bond donors (Lipinski definition) is 2. The van der Waals surface area contributed by atoms with Crippen molar-refractivity contribution in [1.82, 2.24) is 9.99 Å². The van der Waals surface area contributed by atoms with Gasteiger partial charge < -0.3 is 9.84 Å². The van der Waals surface area contributed by atoms with Gasteiger partial charge in [-0.1, -0.05) is 76.8 Å². The van der Waals surface area contributed by atoms with Gasteiger partial charge in [0.1, 0.15) is 12.4 Å². The Kier molecular flexibility index (Phi) is 9.63. The van der Waals surface area contributed by atoms with Crippen LogP contribution in [0, 0.1) is 23.7 Å². The number of aromatic nitrogens is 1. The van der Waals surface area contributed by atoms with E-state index in [1.165, 1.54) is 0 Å². The molecule has 3 aromatic carbocycles. The van der Waals surface area contributed by atoms with Crippen molar-refractivity contribution in [2.45, 2.75) is 30.4 Å². The standard InChI is InChI=1S/C40H30Cl3F3N4O6/c41-22-7-5-20(6-8-22)39-29(36(53)50(38(39)55)48-34-30(43)17-21(19-47-34)40(44,45)46)18-28-25(33(39)26-3-1-2-4-31(26)56-16-15-51)13-14-27-32(28)37(54)49(35(27)52)24-11-9-23(42)10-12-24/h1-13,17,19,27-29,32-33,51H,14-16,18H2,(H,47,48). The van der Waals surface area contributed by atoms with Crippen molar-refractivity contribution in [3.63, 3.8) is 0 Å². The Bertz CT molecular complexity index is 2310. The van der Waals surface area contributed by atoms with Crippen molar-refractivity contribution in [2.75, 3.05) is 23.5 Å². The lowest BCUT2D eigenvalue weighted by atomic mass is 9.49. The number of aliphatic hydroxyl groups excluding tert-OH is 1. The van der Waals surface area contributed by atoms with Gasteiger partial charge in [-0.25, -0.2) is 4.98 Å². The second-order valence-electron chi connectivity index (χ2n) is 14.0. The first-order valence-electron chi connectivity index (χ1n) is 17.6. The first-order chi connectivity index (χ1) is 26.8. The topological polar surface area (TPSA) is 129 Å². The first-order valence-corrected chi connectivity index (χ1v) is 18.7. The second kappa shape index (κ2) is 14.2. The number of fused-ring (bicyclic) bond motifs is 4. The molecule has 2 N–H and O–H groups in total. The normalized spacial score (nSPS) is 25.8. The Hall–Kier alpha value is -4.95. The van der Waals surface area contributed by atoms with E-state index in [9.17, 15) is 32.7 Å². The number of alkyl halides is 3. The molecule has 56 heavy (non-hydrogen) atoms. The summed E-state index contributed by atoms with van der Waals surface area (Å²) in [6.45, 7) is -0.428. The van der Waals surface area contributed by atoms with Gasteiger partial charge in [0.15, 0.2) is 5.82 Å². The van der Waals surface area contributed by atoms with Gasteiger partial charge in [0.25, 0.3) is 11.8 Å². The third-order valence-corrected chi connectivity index (χ3v) is 12.0. The zero-order chi connectivity index (χ0) is 39.7. The lowest BCUT2D eigenvalue weighted by Crippen LogP contribution is -2.53. The monoisotopic (exact) mass is 824 g/mol. The fourth-order valence-corrected chi connectivity index (χ4v) is 9.44. The molecule has 2 aliphatic carbocycles. The number of carbonyl (C=O) groups excluding carboxylic acids is 4. The van der Waals surface area contributed by atoms with Crippen LogP contribution in [0.5, 0.6) is 5.75 Å². The van der Waals surface area contributed by atoms with E-state index in [2.05, 4.69) is 10.4 Å². The van der Waals surface area contributed by atoms with Crippen molar-refractivity contribution in [1.29, 1.82) is 0 Å². The predicted octanol–water partition coefficient (Wildman–Crippen LogP) is 7.62. The highest BCUT2D eigenvalue weighted by molar-refractivity contribution is 6.33. The SMILES string of the molecule is O=C1C2CC3C(=CCC4C(=O)N(c5ccc(Cl)cc5)C(=O)C43)C(c3ccccc3OCCO)C2(c2ccc(Cl)cc2)C(=O)N1Nc1ncc(C(F)(F)F)cc1Cl. The molecule has 3 heterocycles. The molecular weight excluding hydrogens is 796 g/mol. The Labute approximate surface area is 332 Å². The van der Waals surface area contributed by atoms with Crippen LogP contribution < -0.4 is 15.1 Å². The van der Waals surface area contributed by atoms with E-state index in [0.29, 0.717) is 50.4 Å². The molecule has 1 saturated carbocycles. The number of halogens is 6. The zero-order valence-corrected chi connectivity index (χ0v) is 31.2. The van der Waals surface area contributed by atoms with Crippen LogP contribution in [-0.4, -0.2) is 51.9 Å². The molecule has 0 spiro atoms. The summed E-state index contributed by atoms with van der Waals surface area (Å²) in [7, 11) is 0. The van der Waals surface area contributed by atoms with E-state index >= 15 is 4.79 Å². The van der Waals surface area contributed by atoms with Crippen LogP contribution in [-0.2, 0) is 30.8 Å². The molecule has 10 nitrogen and oxygen atoms in total. The Balaban J connectivity index is 1.32. The van der Waals surface area contributed by atoms with Crippen molar-refractivity contribution in [3.8, 4) is 5.75 Å². The maximum atomic E-state index is 15.4. The minimum Gasteiger partial charge on any atom is -0.491 e. The molecule has 2 saturated heterocycles. The molecule has 2 aliphatic heterocycles. The van der Waals surface area contributed by atoms with Crippen molar-refractivity contribution >= 4 is 69.9 Å². The Morgan fingerprint density at radius 3 is 2.23 bits per heavy atom. The number of para-hydroxylation sites is 1. The molecular formula is C40H30Cl3F3N4O6. The zero-order valence-electron chi connectivity index (χ0n) is 29.0. The third kappa shape index (κ3) is 5.94. The summed E-state index contributed by atoms with van der Waals surface area (Å²) in [4.78, 5) is 63.8. The van der Waals surface area contributed by atoms with Gasteiger partial charge in [-0.2, -0.15) is 18.2 Å². The quantitative estimate of drug-likeness (QED) is 0.137. The number of nitrogens with one attached hydrogen (secondary N) is 1. The number of imide groups is 2. The highest BCUT2D eigenvalue weighted by atomic mass is 35.5. The summed E-state index contributed by atoms with van der Waals surface area (Å²) < 4.78 is 46.6. The number of allylic oxidation sites excluding steroid dienone is 2. The van der Waals surface area contributed by atoms with Gasteiger partial charge in [-0.05, 0) is 72.9 Å². The van der Waals surface area contributed by atoms with Crippen LogP contribution >= 0.6 is 34.8 Å². The van der Waals surface area contributed by atoms with Gasteiger partial charge in [-0.3, -0.25) is 29.5 Å². The lowest BCUT2D eigenvalue weighted by molar-refractivity contribution is -0.139. The van der Waals surface area contributed by atoms with Crippen molar-refractivity contribution < 1.29 is 42.2 Å². The Morgan fingerprint density at radius 2 is 1.57 bits per heavy atom. The van der Waals surface area contributed by atoms with E-state index in [-0.39, 0.29) is 31.9 Å². The minimum absolute atomic E-state index is 0.0593. The van der Waals surface area contributed by atoms with Crippen molar-refractivity contribution in [3.05, 3.63) is 128 Å². The smallest absolute Gasteiger partial charge is 0.417 e. The number of hydrogen-bond acceptors (Lipinski definition) is 8. The average Bonchev–Trinajstić information content (AvgIpc) is 3.55. The molecule has 8 rings (SSSR count). The van der Waals surface area contributed by atoms with Crippen LogP contribution in [0.3, 0.4) is 0 Å². The average molecular weight is 826 g/mol. The first kappa shape index (κ1) is 37.9. The number of aliphatic hydroxyl groups is 1. The largest absolute Gasteiger partial charge is 0.491 e. The van der Waals surface area contributed by atoms with Crippen LogP contribution in [0.2, 0.25) is 15.1 Å². The van der Waals surface area contributed by atoms with Crippen molar-refractivity contribution in [2.24, 2.45) is 23.7 Å². The number of nitrogens with zero attached hydrogens (tertiary/aromatic N) is 3. The highest BCUT2D eigenvalue weighted by Crippen LogP contribution is 2.65. The molecule has 4 amide bonds. The summed E-state index contributed by atoms with van der Waals surface area (Å²) in [5.74, 6) is -7.09. The highest BCUT2D eigenvalue weighted by Gasteiger charge is 2.70. The minimum atomic E-state index is -4.76. The fraction of sp³-hybridized carbons (Fsp3) is 0.275. The van der Waals surface area contributed by atoms with Crippen LogP contribution in [0.1, 0.15) is 35.4 Å². The second-order valence-corrected chi connectivity index (χ2v) is 15.3. The summed E-state index contributed by atoms with van der Waals surface area (Å²) >= 11 is 18.7. The van der Waals surface area contributed by atoms with Crippen LogP contribution in [0.25, 0.3) is 0 Å². The van der Waals surface area contributed by atoms with Gasteiger partial charge in [-0.15, -0.1) is 0 Å². The van der Waals surface area contributed by atoms with Gasteiger partial charge >= 0.3 is 6.18 Å². The number of amides is 4. The van der Waals surface area contributed by atoms with E-state index in [0.717, 1.165) is 9.91 Å². The predicted molar refractivity (Wildman–Crippen MR) is 200 cm³/mol. The number of anilines is 2. The molecule has 0 bridgehead atoms. The summed E-state index contributed by atoms with van der Waals surface area (Å²) in [5, 5.41) is 10.7. The molecule has 3 fully saturated rings. The number of benzene rings is 3. The molecule has 0 radical (unpaired) electrons. The number of carbonyl (C=O) groups is 4. The maximum absolute atomic E-state index is 15.4. The maximum Gasteiger partial charge on any atom is 0.417 e. The fourth-order valence-electron chi connectivity index (χ4n) is 8.98. The molecule has 288 valence electrons. The summed E-state index contributed by atoms with van der Waals surface area (Å²) in [6, 6.07) is 20.2. The van der Waals surface area contributed by atoms with Gasteiger partial charge in [0.2, 0.25) is 11.8 Å². The van der Waals surface area contributed by atoms with Crippen LogP contribution in [0.15, 0.2) is 96.7 Å². The van der Waals surface area contributed by atoms with E-state index < -0.39 is 75.4 Å². The molecule has 6 atom stereocenters. The number of rotatable bonds is 8. The number of pyridine rings is 1. The molecule has 6 unspecified atom stereocenters. The van der Waals surface area contributed by atoms with E-state index in [4.69, 9.17) is 39.5 Å². The summed E-state index contributed by atoms with van der Waals surface area (Å²) in [6.07, 6.45) is -2.27. The van der Waals surface area contributed by atoms with E-state index in [1.54, 1.807) is 72.8 Å². The van der Waals surface area contributed by atoms with Crippen LogP contribution in [0.4, 0.5) is 24.7 Å². The van der Waals surface area contributed by atoms with Gasteiger partial charge in [0, 0.05) is 27.7 Å². The molecule has 4 aromatic rings. The lowest BCUT2D eigenvalue weighted by Gasteiger charge is -2.50. The van der Waals surface area contributed by atoms with Gasteiger partial charge in [0.05, 0.1) is 46.0 Å².